The Hall–Kier alpha value is -3.42. The number of ether oxygens (including phenoxy) is 1. The number of hydrazine groups is 1. The van der Waals surface area contributed by atoms with E-state index < -0.39 is 23.9 Å². The Morgan fingerprint density at radius 3 is 2.25 bits per heavy atom. The van der Waals surface area contributed by atoms with E-state index in [2.05, 4.69) is 10.9 Å². The lowest BCUT2D eigenvalue weighted by Gasteiger charge is -2.14. The van der Waals surface area contributed by atoms with E-state index in [4.69, 9.17) is 4.74 Å². The van der Waals surface area contributed by atoms with Gasteiger partial charge >= 0.3 is 5.97 Å². The zero-order valence-electron chi connectivity index (χ0n) is 12.8. The van der Waals surface area contributed by atoms with Gasteiger partial charge in [-0.25, -0.2) is 4.79 Å². The first-order valence-electron chi connectivity index (χ1n) is 7.02. The van der Waals surface area contributed by atoms with Crippen molar-refractivity contribution in [3.05, 3.63) is 71.2 Å². The highest BCUT2D eigenvalue weighted by atomic mass is 16.5. The summed E-state index contributed by atoms with van der Waals surface area (Å²) in [5.74, 6) is -1.94. The lowest BCUT2D eigenvalue weighted by molar-refractivity contribution is -0.605. The van der Waals surface area contributed by atoms with Gasteiger partial charge in [0.15, 0.2) is 18.5 Å². The second kappa shape index (κ2) is 7.73. The SMILES string of the molecule is C[C@H](OC(=O)c1cc[n+]([O-])cc1)C(=O)NNC(=O)c1ccccc1. The Kier molecular flexibility index (Phi) is 5.45. The van der Waals surface area contributed by atoms with Crippen LogP contribution in [0.4, 0.5) is 0 Å². The molecule has 0 saturated carbocycles. The molecular formula is C16H15N3O5. The molecule has 0 radical (unpaired) electrons. The van der Waals surface area contributed by atoms with Gasteiger partial charge in [-0.15, -0.1) is 0 Å². The number of esters is 1. The minimum absolute atomic E-state index is 0.134. The van der Waals surface area contributed by atoms with Gasteiger partial charge in [-0.05, 0) is 19.1 Å². The molecule has 0 aliphatic rings. The lowest BCUT2D eigenvalue weighted by Crippen LogP contribution is -2.46. The van der Waals surface area contributed by atoms with Gasteiger partial charge < -0.3 is 9.94 Å². The molecule has 0 bridgehead atoms. The number of nitrogens with zero attached hydrogens (tertiary/aromatic N) is 1. The molecule has 2 rings (SSSR count). The molecule has 8 nitrogen and oxygen atoms in total. The van der Waals surface area contributed by atoms with Crippen LogP contribution in [0.1, 0.15) is 27.6 Å². The van der Waals surface area contributed by atoms with Crippen LogP contribution < -0.4 is 15.6 Å². The van der Waals surface area contributed by atoms with E-state index in [-0.39, 0.29) is 5.56 Å². The molecule has 0 aliphatic heterocycles. The summed E-state index contributed by atoms with van der Waals surface area (Å²) in [4.78, 5) is 35.5. The maximum absolute atomic E-state index is 11.8. The van der Waals surface area contributed by atoms with Crippen LogP contribution in [0.15, 0.2) is 54.9 Å². The number of carbonyl (C=O) groups is 3. The van der Waals surface area contributed by atoms with Crippen LogP contribution >= 0.6 is 0 Å². The Morgan fingerprint density at radius 1 is 1.00 bits per heavy atom. The molecule has 2 N–H and O–H groups in total. The summed E-state index contributed by atoms with van der Waals surface area (Å²) in [5.41, 5.74) is 4.91. The highest BCUT2D eigenvalue weighted by molar-refractivity contribution is 5.96. The lowest BCUT2D eigenvalue weighted by atomic mass is 10.2. The van der Waals surface area contributed by atoms with Crippen molar-refractivity contribution in [1.29, 1.82) is 0 Å². The van der Waals surface area contributed by atoms with Crippen molar-refractivity contribution in [2.75, 3.05) is 0 Å². The first-order valence-corrected chi connectivity index (χ1v) is 7.02. The molecule has 124 valence electrons. The Morgan fingerprint density at radius 2 is 1.62 bits per heavy atom. The van der Waals surface area contributed by atoms with Gasteiger partial charge in [0, 0.05) is 17.7 Å². The number of benzene rings is 1. The van der Waals surface area contributed by atoms with Crippen LogP contribution in [-0.4, -0.2) is 23.9 Å². The number of hydrogen-bond donors (Lipinski definition) is 2. The highest BCUT2D eigenvalue weighted by Crippen LogP contribution is 2.02. The van der Waals surface area contributed by atoms with Gasteiger partial charge in [-0.2, -0.15) is 4.73 Å². The predicted octanol–water partition coefficient (Wildman–Crippen LogP) is 0.327. The number of amides is 2. The van der Waals surface area contributed by atoms with E-state index in [0.29, 0.717) is 10.3 Å². The van der Waals surface area contributed by atoms with Gasteiger partial charge in [-0.1, -0.05) is 18.2 Å². The summed E-state index contributed by atoms with van der Waals surface area (Å²) in [7, 11) is 0. The first kappa shape index (κ1) is 16.9. The molecule has 24 heavy (non-hydrogen) atoms. The number of nitrogens with one attached hydrogen (secondary N) is 2. The third-order valence-corrected chi connectivity index (χ3v) is 3.03. The number of rotatable bonds is 4. The molecule has 2 aromatic rings. The van der Waals surface area contributed by atoms with Crippen molar-refractivity contribution in [2.45, 2.75) is 13.0 Å². The molecular weight excluding hydrogens is 314 g/mol. The van der Waals surface area contributed by atoms with Crippen molar-refractivity contribution < 1.29 is 23.9 Å². The largest absolute Gasteiger partial charge is 0.619 e. The summed E-state index contributed by atoms with van der Waals surface area (Å²) in [6.45, 7) is 1.36. The maximum Gasteiger partial charge on any atom is 0.339 e. The fourth-order valence-electron chi connectivity index (χ4n) is 1.71. The van der Waals surface area contributed by atoms with Crippen LogP contribution in [0.2, 0.25) is 0 Å². The molecule has 0 aliphatic carbocycles. The zero-order chi connectivity index (χ0) is 17.5. The monoisotopic (exact) mass is 329 g/mol. The van der Waals surface area contributed by atoms with Crippen LogP contribution in [0.5, 0.6) is 0 Å². The van der Waals surface area contributed by atoms with E-state index >= 15 is 0 Å². The zero-order valence-corrected chi connectivity index (χ0v) is 12.8. The molecule has 0 spiro atoms. The van der Waals surface area contributed by atoms with Gasteiger partial charge in [-0.3, -0.25) is 20.4 Å². The average Bonchev–Trinajstić information content (AvgIpc) is 2.60. The van der Waals surface area contributed by atoms with Crippen molar-refractivity contribution in [1.82, 2.24) is 10.9 Å². The Balaban J connectivity index is 1.84. The topological polar surface area (TPSA) is 111 Å². The molecule has 0 unspecified atom stereocenters. The molecule has 1 aromatic heterocycles. The standard InChI is InChI=1S/C16H15N3O5/c1-11(24-16(22)13-7-9-19(23)10-8-13)14(20)17-18-15(21)12-5-3-2-4-6-12/h2-11H,1H3,(H,17,20)(H,18,21)/t11-/m0/s1. The van der Waals surface area contributed by atoms with Crippen molar-refractivity contribution in [3.63, 3.8) is 0 Å². The second-order valence-electron chi connectivity index (χ2n) is 4.80. The summed E-state index contributed by atoms with van der Waals surface area (Å²) < 4.78 is 5.48. The minimum atomic E-state index is -1.13. The van der Waals surface area contributed by atoms with Gasteiger partial charge in [0.25, 0.3) is 11.8 Å². The molecule has 0 saturated heterocycles. The Bertz CT molecular complexity index is 731. The summed E-state index contributed by atoms with van der Waals surface area (Å²) >= 11 is 0. The summed E-state index contributed by atoms with van der Waals surface area (Å²) in [6, 6.07) is 10.9. The summed E-state index contributed by atoms with van der Waals surface area (Å²) in [5, 5.41) is 10.9. The fraction of sp³-hybridized carbons (Fsp3) is 0.125. The third-order valence-electron chi connectivity index (χ3n) is 3.03. The van der Waals surface area contributed by atoms with Crippen molar-refractivity contribution in [2.24, 2.45) is 0 Å². The predicted molar refractivity (Wildman–Crippen MR) is 82.3 cm³/mol. The highest BCUT2D eigenvalue weighted by Gasteiger charge is 2.20. The van der Waals surface area contributed by atoms with E-state index in [0.717, 1.165) is 12.4 Å². The van der Waals surface area contributed by atoms with Gasteiger partial charge in [0.05, 0.1) is 5.56 Å². The molecule has 1 aromatic carbocycles. The average molecular weight is 329 g/mol. The van der Waals surface area contributed by atoms with Gasteiger partial charge in [0.1, 0.15) is 0 Å². The first-order chi connectivity index (χ1) is 11.5. The molecule has 1 heterocycles. The van der Waals surface area contributed by atoms with Crippen molar-refractivity contribution in [3.8, 4) is 0 Å². The van der Waals surface area contributed by atoms with Crippen molar-refractivity contribution >= 4 is 17.8 Å². The number of aromatic nitrogens is 1. The van der Waals surface area contributed by atoms with Gasteiger partial charge in [0.2, 0.25) is 0 Å². The van der Waals surface area contributed by atoms with Crippen LogP contribution in [0, 0.1) is 5.21 Å². The third kappa shape index (κ3) is 4.54. The fourth-order valence-corrected chi connectivity index (χ4v) is 1.71. The molecule has 1 atom stereocenters. The molecule has 0 fully saturated rings. The van der Waals surface area contributed by atoms with Crippen LogP contribution in [0.3, 0.4) is 0 Å². The van der Waals surface area contributed by atoms with E-state index in [1.165, 1.54) is 19.1 Å². The molecule has 8 heteroatoms. The van der Waals surface area contributed by atoms with Crippen LogP contribution in [-0.2, 0) is 9.53 Å². The number of hydrogen-bond acceptors (Lipinski definition) is 5. The van der Waals surface area contributed by atoms with E-state index in [1.807, 2.05) is 0 Å². The van der Waals surface area contributed by atoms with E-state index in [9.17, 15) is 19.6 Å². The summed E-state index contributed by atoms with van der Waals surface area (Å²) in [6.07, 6.45) is 1.15. The second-order valence-corrected chi connectivity index (χ2v) is 4.80. The van der Waals surface area contributed by atoms with Crippen LogP contribution in [0.25, 0.3) is 0 Å². The quantitative estimate of drug-likeness (QED) is 0.363. The Labute approximate surface area is 137 Å². The number of pyridine rings is 1. The van der Waals surface area contributed by atoms with E-state index in [1.54, 1.807) is 30.3 Å². The molecule has 2 amide bonds. The smallest absolute Gasteiger partial charge is 0.339 e. The number of carbonyl (C=O) groups excluding carboxylic acids is 3. The normalized spacial score (nSPS) is 11.2. The minimum Gasteiger partial charge on any atom is -0.619 e. The maximum atomic E-state index is 11.8.